The van der Waals surface area contributed by atoms with Crippen molar-refractivity contribution in [3.05, 3.63) is 59.7 Å². The van der Waals surface area contributed by atoms with Crippen molar-refractivity contribution in [2.24, 2.45) is 5.73 Å². The first-order chi connectivity index (χ1) is 10.5. The molecule has 3 rings (SSSR count). The second-order valence-electron chi connectivity index (χ2n) is 5.40. The van der Waals surface area contributed by atoms with Gasteiger partial charge in [-0.25, -0.2) is 0 Å². The van der Waals surface area contributed by atoms with E-state index in [2.05, 4.69) is 0 Å². The minimum atomic E-state index is -1.43. The lowest BCUT2D eigenvalue weighted by Gasteiger charge is -2.35. The number of Topliss-reactive ketones (excluding diaryl/α,β-unsaturated/α-hetero) is 1. The standard InChI is InChI=1S/C17H15NO4/c18-16(21)17(9-11-4-2-1-3-5-11)10-14(20)13-7-6-12(19)8-15(13)22-17/h1-8,19H,9-10H2,(H2,18,21). The van der Waals surface area contributed by atoms with Crippen LogP contribution in [0.15, 0.2) is 48.5 Å². The van der Waals surface area contributed by atoms with Crippen LogP contribution in [0.4, 0.5) is 0 Å². The van der Waals surface area contributed by atoms with Gasteiger partial charge in [0.25, 0.3) is 5.91 Å². The first-order valence-electron chi connectivity index (χ1n) is 6.89. The van der Waals surface area contributed by atoms with Crippen LogP contribution in [0.2, 0.25) is 0 Å². The van der Waals surface area contributed by atoms with Crippen molar-refractivity contribution in [2.45, 2.75) is 18.4 Å². The van der Waals surface area contributed by atoms with E-state index in [-0.39, 0.29) is 30.1 Å². The molecule has 1 aliphatic heterocycles. The molecule has 0 saturated carbocycles. The summed E-state index contributed by atoms with van der Waals surface area (Å²) in [5.41, 5.74) is 5.29. The number of hydrogen-bond donors (Lipinski definition) is 2. The predicted molar refractivity (Wildman–Crippen MR) is 79.8 cm³/mol. The van der Waals surface area contributed by atoms with E-state index in [0.29, 0.717) is 5.56 Å². The molecular weight excluding hydrogens is 282 g/mol. The van der Waals surface area contributed by atoms with Crippen molar-refractivity contribution in [2.75, 3.05) is 0 Å². The minimum absolute atomic E-state index is 0.0356. The Morgan fingerprint density at radius 1 is 1.23 bits per heavy atom. The number of primary amides is 1. The molecule has 0 radical (unpaired) electrons. The van der Waals surface area contributed by atoms with Gasteiger partial charge in [-0.3, -0.25) is 9.59 Å². The van der Waals surface area contributed by atoms with Gasteiger partial charge in [-0.15, -0.1) is 0 Å². The van der Waals surface area contributed by atoms with Gasteiger partial charge in [-0.05, 0) is 17.7 Å². The second kappa shape index (κ2) is 5.18. The van der Waals surface area contributed by atoms with E-state index in [4.69, 9.17) is 10.5 Å². The summed E-state index contributed by atoms with van der Waals surface area (Å²) < 4.78 is 5.78. The zero-order chi connectivity index (χ0) is 15.7. The zero-order valence-corrected chi connectivity index (χ0v) is 11.8. The molecule has 1 amide bonds. The molecule has 2 aromatic rings. The molecule has 0 aliphatic carbocycles. The van der Waals surface area contributed by atoms with E-state index in [0.717, 1.165) is 5.56 Å². The highest BCUT2D eigenvalue weighted by atomic mass is 16.5. The van der Waals surface area contributed by atoms with E-state index in [9.17, 15) is 14.7 Å². The minimum Gasteiger partial charge on any atom is -0.508 e. The van der Waals surface area contributed by atoms with Crippen molar-refractivity contribution >= 4 is 11.7 Å². The molecule has 22 heavy (non-hydrogen) atoms. The fraction of sp³-hybridized carbons (Fsp3) is 0.176. The molecule has 3 N–H and O–H groups in total. The van der Waals surface area contributed by atoms with Crippen LogP contribution in [0.25, 0.3) is 0 Å². The highest BCUT2D eigenvalue weighted by molar-refractivity contribution is 6.04. The predicted octanol–water partition coefficient (Wildman–Crippen LogP) is 1.82. The van der Waals surface area contributed by atoms with Gasteiger partial charge in [0, 0.05) is 12.5 Å². The van der Waals surface area contributed by atoms with Crippen molar-refractivity contribution in [1.29, 1.82) is 0 Å². The number of carbonyl (C=O) groups is 2. The van der Waals surface area contributed by atoms with Gasteiger partial charge >= 0.3 is 0 Å². The number of ether oxygens (including phenoxy) is 1. The van der Waals surface area contributed by atoms with Crippen LogP contribution in [0.3, 0.4) is 0 Å². The highest BCUT2D eigenvalue weighted by Crippen LogP contribution is 2.37. The quantitative estimate of drug-likeness (QED) is 0.904. The van der Waals surface area contributed by atoms with E-state index >= 15 is 0 Å². The van der Waals surface area contributed by atoms with Crippen molar-refractivity contribution < 1.29 is 19.4 Å². The fourth-order valence-corrected chi connectivity index (χ4v) is 2.68. The number of nitrogens with two attached hydrogens (primary N) is 1. The molecule has 1 atom stereocenters. The van der Waals surface area contributed by atoms with Gasteiger partial charge in [-0.2, -0.15) is 0 Å². The summed E-state index contributed by atoms with van der Waals surface area (Å²) in [5, 5.41) is 9.57. The maximum atomic E-state index is 12.3. The lowest BCUT2D eigenvalue weighted by molar-refractivity contribution is -0.133. The highest BCUT2D eigenvalue weighted by Gasteiger charge is 2.45. The van der Waals surface area contributed by atoms with E-state index in [1.54, 1.807) is 0 Å². The monoisotopic (exact) mass is 297 g/mol. The number of phenolic OH excluding ortho intramolecular Hbond substituents is 1. The zero-order valence-electron chi connectivity index (χ0n) is 11.8. The van der Waals surface area contributed by atoms with Crippen molar-refractivity contribution in [3.63, 3.8) is 0 Å². The van der Waals surface area contributed by atoms with E-state index in [1.807, 2.05) is 30.3 Å². The third kappa shape index (κ3) is 2.41. The Morgan fingerprint density at radius 3 is 2.64 bits per heavy atom. The van der Waals surface area contributed by atoms with Crippen LogP contribution < -0.4 is 10.5 Å². The molecule has 2 aromatic carbocycles. The SMILES string of the molecule is NC(=O)C1(Cc2ccccc2)CC(=O)c2ccc(O)cc2O1. The molecule has 112 valence electrons. The number of ketones is 1. The Kier molecular flexibility index (Phi) is 3.33. The lowest BCUT2D eigenvalue weighted by Crippen LogP contribution is -2.54. The number of carbonyl (C=O) groups excluding carboxylic acids is 2. The first kappa shape index (κ1) is 14.1. The summed E-state index contributed by atoms with van der Waals surface area (Å²) in [6.07, 6.45) is 0.0824. The Labute approximate surface area is 127 Å². The van der Waals surface area contributed by atoms with Crippen molar-refractivity contribution in [3.8, 4) is 11.5 Å². The number of hydrogen-bond acceptors (Lipinski definition) is 4. The Bertz CT molecular complexity index is 742. The van der Waals surface area contributed by atoms with Crippen LogP contribution in [0, 0.1) is 0 Å². The molecule has 0 spiro atoms. The van der Waals surface area contributed by atoms with Crippen LogP contribution >= 0.6 is 0 Å². The molecule has 1 aliphatic rings. The molecule has 0 saturated heterocycles. The first-order valence-corrected chi connectivity index (χ1v) is 6.89. The largest absolute Gasteiger partial charge is 0.508 e. The summed E-state index contributed by atoms with van der Waals surface area (Å²) in [5.74, 6) is -0.771. The fourth-order valence-electron chi connectivity index (χ4n) is 2.68. The molecule has 1 unspecified atom stereocenters. The third-order valence-corrected chi connectivity index (χ3v) is 3.80. The van der Waals surface area contributed by atoms with Crippen LogP contribution in [0.1, 0.15) is 22.3 Å². The summed E-state index contributed by atoms with van der Waals surface area (Å²) in [7, 11) is 0. The Morgan fingerprint density at radius 2 is 1.95 bits per heavy atom. The van der Waals surface area contributed by atoms with Crippen molar-refractivity contribution in [1.82, 2.24) is 0 Å². The summed E-state index contributed by atoms with van der Waals surface area (Å²) in [4.78, 5) is 24.3. The maximum Gasteiger partial charge on any atom is 0.262 e. The smallest absolute Gasteiger partial charge is 0.262 e. The maximum absolute atomic E-state index is 12.3. The van der Waals surface area contributed by atoms with Gasteiger partial charge in [0.2, 0.25) is 0 Å². The van der Waals surface area contributed by atoms with Gasteiger partial charge in [0.1, 0.15) is 11.5 Å². The second-order valence-corrected chi connectivity index (χ2v) is 5.40. The lowest BCUT2D eigenvalue weighted by atomic mass is 9.84. The number of fused-ring (bicyclic) bond motifs is 1. The number of benzene rings is 2. The van der Waals surface area contributed by atoms with Gasteiger partial charge < -0.3 is 15.6 Å². The van der Waals surface area contributed by atoms with E-state index < -0.39 is 11.5 Å². The van der Waals surface area contributed by atoms with Gasteiger partial charge in [0.15, 0.2) is 11.4 Å². The van der Waals surface area contributed by atoms with Crippen LogP contribution in [-0.4, -0.2) is 22.4 Å². The van der Waals surface area contributed by atoms with Gasteiger partial charge in [-0.1, -0.05) is 30.3 Å². The van der Waals surface area contributed by atoms with E-state index in [1.165, 1.54) is 18.2 Å². The third-order valence-electron chi connectivity index (χ3n) is 3.80. The number of amides is 1. The molecule has 5 nitrogen and oxygen atoms in total. The number of phenols is 1. The molecule has 0 bridgehead atoms. The summed E-state index contributed by atoms with van der Waals surface area (Å²) >= 11 is 0. The Balaban J connectivity index is 2.02. The molecule has 5 heteroatoms. The molecule has 1 heterocycles. The number of aromatic hydroxyl groups is 1. The average Bonchev–Trinajstić information content (AvgIpc) is 2.47. The molecule has 0 fully saturated rings. The summed E-state index contributed by atoms with van der Waals surface area (Å²) in [6.45, 7) is 0. The van der Waals surface area contributed by atoms with Crippen LogP contribution in [0.5, 0.6) is 11.5 Å². The summed E-state index contributed by atoms with van der Waals surface area (Å²) in [6, 6.07) is 13.5. The topological polar surface area (TPSA) is 89.6 Å². The van der Waals surface area contributed by atoms with Gasteiger partial charge in [0.05, 0.1) is 12.0 Å². The normalized spacial score (nSPS) is 20.1. The molecular formula is C17H15NO4. The van der Waals surface area contributed by atoms with Crippen LogP contribution in [-0.2, 0) is 11.2 Å². The molecule has 0 aromatic heterocycles. The average molecular weight is 297 g/mol. The Hall–Kier alpha value is -2.82. The number of rotatable bonds is 3.